The molecule has 2 unspecified atom stereocenters. The van der Waals surface area contributed by atoms with Crippen LogP contribution in [0.5, 0.6) is 0 Å². The molecular formula is C12H21N3S. The largest absolute Gasteiger partial charge is 0.308 e. The van der Waals surface area contributed by atoms with Crippen molar-refractivity contribution >= 4 is 11.8 Å². The summed E-state index contributed by atoms with van der Waals surface area (Å²) in [5.41, 5.74) is 1.15. The molecule has 3 nitrogen and oxygen atoms in total. The van der Waals surface area contributed by atoms with Crippen LogP contribution in [0.1, 0.15) is 31.4 Å². The lowest BCUT2D eigenvalue weighted by Crippen LogP contribution is -2.34. The van der Waals surface area contributed by atoms with Crippen LogP contribution < -0.4 is 5.32 Å². The van der Waals surface area contributed by atoms with Gasteiger partial charge in [-0.25, -0.2) is 0 Å². The monoisotopic (exact) mass is 239 g/mol. The summed E-state index contributed by atoms with van der Waals surface area (Å²) < 4.78 is 1.86. The van der Waals surface area contributed by atoms with Gasteiger partial charge in [-0.2, -0.15) is 16.9 Å². The molecule has 0 aromatic carbocycles. The zero-order valence-electron chi connectivity index (χ0n) is 10.1. The first-order valence-electron chi connectivity index (χ1n) is 6.02. The van der Waals surface area contributed by atoms with Crippen molar-refractivity contribution in [2.75, 3.05) is 6.26 Å². The zero-order valence-corrected chi connectivity index (χ0v) is 11.0. The average Bonchev–Trinajstić information content (AvgIpc) is 2.73. The van der Waals surface area contributed by atoms with Gasteiger partial charge < -0.3 is 5.32 Å². The number of nitrogens with zero attached hydrogens (tertiary/aromatic N) is 2. The summed E-state index contributed by atoms with van der Waals surface area (Å²) in [6.45, 7) is 0.909. The highest BCUT2D eigenvalue weighted by Gasteiger charge is 2.20. The number of hydrogen-bond donors (Lipinski definition) is 1. The molecule has 1 N–H and O–H groups in total. The Morgan fingerprint density at radius 3 is 3.12 bits per heavy atom. The first-order valence-corrected chi connectivity index (χ1v) is 7.31. The Bertz CT molecular complexity index is 324. The van der Waals surface area contributed by atoms with E-state index in [2.05, 4.69) is 22.7 Å². The van der Waals surface area contributed by atoms with Gasteiger partial charge in [-0.1, -0.05) is 6.42 Å². The van der Waals surface area contributed by atoms with Crippen molar-refractivity contribution < 1.29 is 0 Å². The fraction of sp³-hybridized carbons (Fsp3) is 0.750. The summed E-state index contributed by atoms with van der Waals surface area (Å²) >= 11 is 2.02. The van der Waals surface area contributed by atoms with Gasteiger partial charge in [-0.15, -0.1) is 0 Å². The van der Waals surface area contributed by atoms with E-state index in [1.807, 2.05) is 29.7 Å². The van der Waals surface area contributed by atoms with Gasteiger partial charge in [-0.3, -0.25) is 4.68 Å². The number of nitrogens with one attached hydrogen (secondary N) is 1. The van der Waals surface area contributed by atoms with Crippen LogP contribution in [0.15, 0.2) is 12.3 Å². The quantitative estimate of drug-likeness (QED) is 0.873. The maximum Gasteiger partial charge on any atom is 0.0762 e. The van der Waals surface area contributed by atoms with Gasteiger partial charge in [0, 0.05) is 31.1 Å². The number of aryl methyl sites for hydroxylation is 1. The Kier molecular flexibility index (Phi) is 4.29. The van der Waals surface area contributed by atoms with Crippen LogP contribution in [0.2, 0.25) is 0 Å². The van der Waals surface area contributed by atoms with E-state index in [-0.39, 0.29) is 0 Å². The van der Waals surface area contributed by atoms with E-state index in [1.54, 1.807) is 0 Å². The molecule has 16 heavy (non-hydrogen) atoms. The van der Waals surface area contributed by atoms with Gasteiger partial charge in [0.1, 0.15) is 0 Å². The third-order valence-electron chi connectivity index (χ3n) is 3.30. The molecule has 1 heterocycles. The zero-order chi connectivity index (χ0) is 11.4. The number of aromatic nitrogens is 2. The van der Waals surface area contributed by atoms with Crippen molar-refractivity contribution in [3.8, 4) is 0 Å². The second-order valence-corrected chi connectivity index (χ2v) is 5.72. The molecule has 0 bridgehead atoms. The normalized spacial score (nSPS) is 25.9. The molecular weight excluding hydrogens is 218 g/mol. The van der Waals surface area contributed by atoms with E-state index in [9.17, 15) is 0 Å². The minimum atomic E-state index is 0.688. The second-order valence-electron chi connectivity index (χ2n) is 4.58. The molecule has 90 valence electrons. The first kappa shape index (κ1) is 12.0. The highest BCUT2D eigenvalue weighted by atomic mass is 32.2. The van der Waals surface area contributed by atoms with Crippen LogP contribution in [-0.2, 0) is 13.6 Å². The maximum absolute atomic E-state index is 4.38. The SMILES string of the molecule is CSC1CCCC(NCc2ccn(C)n2)C1. The Morgan fingerprint density at radius 2 is 2.44 bits per heavy atom. The standard InChI is InChI=1S/C12H21N3S/c1-15-7-6-11(14-15)9-13-10-4-3-5-12(8-10)16-2/h6-7,10,12-13H,3-5,8-9H2,1-2H3. The molecule has 1 aliphatic carbocycles. The third-order valence-corrected chi connectivity index (χ3v) is 4.39. The van der Waals surface area contributed by atoms with Crippen molar-refractivity contribution in [2.45, 2.75) is 43.5 Å². The van der Waals surface area contributed by atoms with Gasteiger partial charge in [0.15, 0.2) is 0 Å². The van der Waals surface area contributed by atoms with Crippen molar-refractivity contribution in [2.24, 2.45) is 7.05 Å². The summed E-state index contributed by atoms with van der Waals surface area (Å²) in [7, 11) is 1.97. The summed E-state index contributed by atoms with van der Waals surface area (Å²) in [5, 5.41) is 8.87. The van der Waals surface area contributed by atoms with E-state index in [0.717, 1.165) is 17.5 Å². The molecule has 1 saturated carbocycles. The highest BCUT2D eigenvalue weighted by Crippen LogP contribution is 2.26. The Hall–Kier alpha value is -0.480. The number of thioether (sulfide) groups is 1. The third kappa shape index (κ3) is 3.25. The molecule has 1 aliphatic rings. The molecule has 0 radical (unpaired) electrons. The molecule has 4 heteroatoms. The number of rotatable bonds is 4. The molecule has 0 spiro atoms. The summed E-state index contributed by atoms with van der Waals surface area (Å²) in [4.78, 5) is 0. The second kappa shape index (κ2) is 5.73. The topological polar surface area (TPSA) is 29.9 Å². The molecule has 1 fully saturated rings. The van der Waals surface area contributed by atoms with Gasteiger partial charge in [-0.05, 0) is 31.6 Å². The first-order chi connectivity index (χ1) is 7.78. The van der Waals surface area contributed by atoms with E-state index in [4.69, 9.17) is 0 Å². The molecule has 0 amide bonds. The lowest BCUT2D eigenvalue weighted by molar-refractivity contribution is 0.378. The average molecular weight is 239 g/mol. The van der Waals surface area contributed by atoms with Crippen LogP contribution in [0.25, 0.3) is 0 Å². The maximum atomic E-state index is 4.38. The van der Waals surface area contributed by atoms with Crippen LogP contribution in [0.4, 0.5) is 0 Å². The minimum absolute atomic E-state index is 0.688. The van der Waals surface area contributed by atoms with Crippen molar-refractivity contribution in [1.29, 1.82) is 0 Å². The van der Waals surface area contributed by atoms with E-state index >= 15 is 0 Å². The van der Waals surface area contributed by atoms with Crippen molar-refractivity contribution in [1.82, 2.24) is 15.1 Å². The van der Waals surface area contributed by atoms with E-state index in [1.165, 1.54) is 25.7 Å². The molecule has 1 aromatic heterocycles. The molecule has 2 atom stereocenters. The van der Waals surface area contributed by atoms with Crippen LogP contribution in [0, 0.1) is 0 Å². The van der Waals surface area contributed by atoms with Crippen LogP contribution in [-0.4, -0.2) is 27.3 Å². The van der Waals surface area contributed by atoms with Gasteiger partial charge in [0.2, 0.25) is 0 Å². The minimum Gasteiger partial charge on any atom is -0.308 e. The fourth-order valence-corrected chi connectivity index (χ4v) is 3.18. The van der Waals surface area contributed by atoms with Crippen molar-refractivity contribution in [3.63, 3.8) is 0 Å². The predicted octanol–water partition coefficient (Wildman–Crippen LogP) is 2.18. The van der Waals surface area contributed by atoms with Gasteiger partial charge in [0.25, 0.3) is 0 Å². The lowest BCUT2D eigenvalue weighted by atomic mass is 9.95. The van der Waals surface area contributed by atoms with Gasteiger partial charge >= 0.3 is 0 Å². The summed E-state index contributed by atoms with van der Waals surface area (Å²) in [6.07, 6.45) is 9.63. The van der Waals surface area contributed by atoms with Gasteiger partial charge in [0.05, 0.1) is 5.69 Å². The highest BCUT2D eigenvalue weighted by molar-refractivity contribution is 7.99. The van der Waals surface area contributed by atoms with Crippen LogP contribution >= 0.6 is 11.8 Å². The fourth-order valence-electron chi connectivity index (χ4n) is 2.35. The van der Waals surface area contributed by atoms with Crippen LogP contribution in [0.3, 0.4) is 0 Å². The number of hydrogen-bond acceptors (Lipinski definition) is 3. The summed E-state index contributed by atoms with van der Waals surface area (Å²) in [5.74, 6) is 0. The molecule has 2 rings (SSSR count). The summed E-state index contributed by atoms with van der Waals surface area (Å²) in [6, 6.07) is 2.77. The molecule has 0 aliphatic heterocycles. The molecule has 1 aromatic rings. The van der Waals surface area contributed by atoms with E-state index < -0.39 is 0 Å². The Labute approximate surface area is 102 Å². The smallest absolute Gasteiger partial charge is 0.0762 e. The predicted molar refractivity (Wildman–Crippen MR) is 69.6 cm³/mol. The van der Waals surface area contributed by atoms with Crippen molar-refractivity contribution in [3.05, 3.63) is 18.0 Å². The lowest BCUT2D eigenvalue weighted by Gasteiger charge is -2.28. The molecule has 0 saturated heterocycles. The Balaban J connectivity index is 1.77. The van der Waals surface area contributed by atoms with E-state index in [0.29, 0.717) is 6.04 Å². The Morgan fingerprint density at radius 1 is 1.56 bits per heavy atom.